The van der Waals surface area contributed by atoms with Crippen molar-refractivity contribution in [1.29, 1.82) is 0 Å². The maximum Gasteiger partial charge on any atom is 0.323 e. The molecule has 1 N–H and O–H groups in total. The van der Waals surface area contributed by atoms with Gasteiger partial charge in [0.1, 0.15) is 5.82 Å². The van der Waals surface area contributed by atoms with Crippen LogP contribution in [0.25, 0.3) is 10.9 Å². The Balaban J connectivity index is 1.48. The Morgan fingerprint density at radius 3 is 2.96 bits per heavy atom. The number of nitrogens with one attached hydrogen (secondary N) is 1. The Hall–Kier alpha value is -2.89. The molecule has 0 bridgehead atoms. The van der Waals surface area contributed by atoms with E-state index >= 15 is 0 Å². The van der Waals surface area contributed by atoms with Crippen molar-refractivity contribution in [2.75, 3.05) is 12.4 Å². The van der Waals surface area contributed by atoms with Crippen LogP contribution in [-0.2, 0) is 13.6 Å². The highest BCUT2D eigenvalue weighted by atomic mass is 16.2. The third-order valence-corrected chi connectivity index (χ3v) is 4.62. The molecule has 128 valence electrons. The van der Waals surface area contributed by atoms with Gasteiger partial charge >= 0.3 is 6.03 Å². The molecule has 1 aromatic carbocycles. The highest BCUT2D eigenvalue weighted by Gasteiger charge is 2.27. The second-order valence-electron chi connectivity index (χ2n) is 6.63. The maximum atomic E-state index is 12.6. The summed E-state index contributed by atoms with van der Waals surface area (Å²) in [5, 5.41) is 8.51. The minimum Gasteiger partial charge on any atom is -0.323 e. The van der Waals surface area contributed by atoms with Crippen molar-refractivity contribution in [2.45, 2.75) is 25.3 Å². The van der Waals surface area contributed by atoms with E-state index in [1.807, 2.05) is 43.4 Å². The summed E-state index contributed by atoms with van der Waals surface area (Å²) in [6.45, 7) is 0.516. The molecule has 1 saturated carbocycles. The van der Waals surface area contributed by atoms with Crippen LogP contribution in [0.4, 0.5) is 10.6 Å². The number of benzene rings is 1. The molecule has 0 atom stereocenters. The third kappa shape index (κ3) is 3.20. The number of rotatable bonds is 4. The number of urea groups is 1. The number of amides is 2. The molecular weight excluding hydrogens is 314 g/mol. The second kappa shape index (κ2) is 6.20. The first-order valence-corrected chi connectivity index (χ1v) is 8.50. The number of anilines is 1. The molecule has 1 aliphatic carbocycles. The molecule has 0 spiro atoms. The lowest BCUT2D eigenvalue weighted by Crippen LogP contribution is -2.31. The van der Waals surface area contributed by atoms with Gasteiger partial charge in [0.15, 0.2) is 0 Å². The first-order chi connectivity index (χ1) is 12.1. The Labute approximate surface area is 146 Å². The highest BCUT2D eigenvalue weighted by molar-refractivity contribution is 5.89. The number of pyridine rings is 1. The fourth-order valence-corrected chi connectivity index (χ4v) is 3.02. The number of aromatic nitrogens is 3. The van der Waals surface area contributed by atoms with Gasteiger partial charge in [0.05, 0.1) is 11.2 Å². The van der Waals surface area contributed by atoms with E-state index in [0.29, 0.717) is 12.5 Å². The standard InChI is InChI=1S/C19H21N5O/c1-23(12-14-5-3-7-16-15(14)6-4-10-20-16)19(25)21-18-11-17(13-8-9-13)22-24(18)2/h3-7,10-11,13H,8-9,12H2,1-2H3,(H,21,25). The third-order valence-electron chi connectivity index (χ3n) is 4.62. The summed E-state index contributed by atoms with van der Waals surface area (Å²) in [4.78, 5) is 18.6. The van der Waals surface area contributed by atoms with E-state index in [1.54, 1.807) is 22.8 Å². The van der Waals surface area contributed by atoms with Crippen molar-refractivity contribution < 1.29 is 4.79 Å². The van der Waals surface area contributed by atoms with Crippen molar-refractivity contribution in [3.8, 4) is 0 Å². The molecule has 0 radical (unpaired) electrons. The van der Waals surface area contributed by atoms with Crippen LogP contribution in [-0.4, -0.2) is 32.7 Å². The predicted molar refractivity (Wildman–Crippen MR) is 97.4 cm³/mol. The van der Waals surface area contributed by atoms with Crippen LogP contribution >= 0.6 is 0 Å². The zero-order valence-electron chi connectivity index (χ0n) is 14.4. The average Bonchev–Trinajstić information content (AvgIpc) is 3.40. The van der Waals surface area contributed by atoms with Gasteiger partial charge in [0, 0.05) is 44.2 Å². The van der Waals surface area contributed by atoms with Gasteiger partial charge in [-0.2, -0.15) is 5.10 Å². The van der Waals surface area contributed by atoms with E-state index in [9.17, 15) is 4.79 Å². The molecule has 0 aliphatic heterocycles. The van der Waals surface area contributed by atoms with Crippen molar-refractivity contribution >= 4 is 22.8 Å². The number of hydrogen-bond acceptors (Lipinski definition) is 3. The first-order valence-electron chi connectivity index (χ1n) is 8.50. The number of hydrogen-bond donors (Lipinski definition) is 1. The van der Waals surface area contributed by atoms with Gasteiger partial charge in [0.25, 0.3) is 0 Å². The number of aryl methyl sites for hydroxylation is 1. The molecule has 6 heteroatoms. The smallest absolute Gasteiger partial charge is 0.323 e. The fraction of sp³-hybridized carbons (Fsp3) is 0.316. The summed E-state index contributed by atoms with van der Waals surface area (Å²) in [6.07, 6.45) is 4.17. The molecule has 6 nitrogen and oxygen atoms in total. The molecule has 1 aliphatic rings. The van der Waals surface area contributed by atoms with Crippen molar-refractivity contribution in [3.63, 3.8) is 0 Å². The highest BCUT2D eigenvalue weighted by Crippen LogP contribution is 2.39. The van der Waals surface area contributed by atoms with Crippen LogP contribution in [0.15, 0.2) is 42.6 Å². The lowest BCUT2D eigenvalue weighted by Gasteiger charge is -2.19. The maximum absolute atomic E-state index is 12.6. The average molecular weight is 335 g/mol. The van der Waals surface area contributed by atoms with Crippen LogP contribution < -0.4 is 5.32 Å². The molecule has 25 heavy (non-hydrogen) atoms. The van der Waals surface area contributed by atoms with E-state index in [1.165, 1.54) is 12.8 Å². The number of carbonyl (C=O) groups excluding carboxylic acids is 1. The van der Waals surface area contributed by atoms with Crippen molar-refractivity contribution in [1.82, 2.24) is 19.7 Å². The number of carbonyl (C=O) groups is 1. The van der Waals surface area contributed by atoms with Gasteiger partial charge in [-0.3, -0.25) is 15.0 Å². The zero-order chi connectivity index (χ0) is 17.4. The minimum atomic E-state index is -0.147. The summed E-state index contributed by atoms with van der Waals surface area (Å²) in [7, 11) is 3.65. The molecule has 4 rings (SSSR count). The fourth-order valence-electron chi connectivity index (χ4n) is 3.02. The SMILES string of the molecule is CN(Cc1cccc2ncccc12)C(=O)Nc1cc(C2CC2)nn1C. The van der Waals surface area contributed by atoms with E-state index in [0.717, 1.165) is 28.0 Å². The summed E-state index contributed by atoms with van der Waals surface area (Å²) >= 11 is 0. The van der Waals surface area contributed by atoms with Crippen molar-refractivity contribution in [2.24, 2.45) is 7.05 Å². The largest absolute Gasteiger partial charge is 0.323 e. The van der Waals surface area contributed by atoms with Gasteiger partial charge in [0.2, 0.25) is 0 Å². The van der Waals surface area contributed by atoms with Crippen LogP contribution in [0, 0.1) is 0 Å². The minimum absolute atomic E-state index is 0.147. The summed E-state index contributed by atoms with van der Waals surface area (Å²) < 4.78 is 1.74. The lowest BCUT2D eigenvalue weighted by atomic mass is 10.1. The summed E-state index contributed by atoms with van der Waals surface area (Å²) in [5.41, 5.74) is 3.09. The molecule has 3 aromatic rings. The predicted octanol–water partition coefficient (Wildman–Crippen LogP) is 3.51. The molecule has 0 saturated heterocycles. The van der Waals surface area contributed by atoms with Gasteiger partial charge in [-0.25, -0.2) is 4.79 Å². The number of nitrogens with zero attached hydrogens (tertiary/aromatic N) is 4. The molecule has 2 amide bonds. The van der Waals surface area contributed by atoms with E-state index < -0.39 is 0 Å². The van der Waals surface area contributed by atoms with Gasteiger partial charge in [-0.05, 0) is 30.5 Å². The molecule has 0 unspecified atom stereocenters. The van der Waals surface area contributed by atoms with Crippen LogP contribution in [0.5, 0.6) is 0 Å². The molecule has 2 heterocycles. The lowest BCUT2D eigenvalue weighted by molar-refractivity contribution is 0.220. The molecule has 1 fully saturated rings. The normalized spacial score (nSPS) is 13.8. The molecular formula is C19H21N5O. The van der Waals surface area contributed by atoms with Gasteiger partial charge < -0.3 is 4.90 Å². The van der Waals surface area contributed by atoms with E-state index in [-0.39, 0.29) is 6.03 Å². The van der Waals surface area contributed by atoms with Gasteiger partial charge in [-0.1, -0.05) is 18.2 Å². The van der Waals surface area contributed by atoms with Crippen molar-refractivity contribution in [3.05, 3.63) is 53.9 Å². The second-order valence-corrected chi connectivity index (χ2v) is 6.63. The summed E-state index contributed by atoms with van der Waals surface area (Å²) in [5.74, 6) is 1.30. The number of fused-ring (bicyclic) bond motifs is 1. The Kier molecular flexibility index (Phi) is 3.87. The Morgan fingerprint density at radius 2 is 2.16 bits per heavy atom. The quantitative estimate of drug-likeness (QED) is 0.793. The Morgan fingerprint density at radius 1 is 1.32 bits per heavy atom. The van der Waals surface area contributed by atoms with Crippen LogP contribution in [0.1, 0.15) is 30.0 Å². The first kappa shape index (κ1) is 15.6. The van der Waals surface area contributed by atoms with Gasteiger partial charge in [-0.15, -0.1) is 0 Å². The van der Waals surface area contributed by atoms with Crippen LogP contribution in [0.2, 0.25) is 0 Å². The summed E-state index contributed by atoms with van der Waals surface area (Å²) in [6, 6.07) is 11.8. The monoisotopic (exact) mass is 335 g/mol. The van der Waals surface area contributed by atoms with E-state index in [4.69, 9.17) is 0 Å². The van der Waals surface area contributed by atoms with Crippen LogP contribution in [0.3, 0.4) is 0 Å². The zero-order valence-corrected chi connectivity index (χ0v) is 14.4. The Bertz CT molecular complexity index is 923. The van der Waals surface area contributed by atoms with E-state index in [2.05, 4.69) is 15.4 Å². The topological polar surface area (TPSA) is 63.1 Å². The molecule has 2 aromatic heterocycles.